The zero-order valence-corrected chi connectivity index (χ0v) is 11.1. The van der Waals surface area contributed by atoms with Crippen LogP contribution in [0.15, 0.2) is 22.8 Å². The molecule has 0 unspecified atom stereocenters. The molecule has 1 N–H and O–H groups in total. The number of nitrogens with zero attached hydrogens (tertiary/aromatic N) is 1. The van der Waals surface area contributed by atoms with E-state index in [2.05, 4.69) is 5.32 Å². The van der Waals surface area contributed by atoms with Crippen molar-refractivity contribution in [2.24, 2.45) is 0 Å². The molecule has 18 heavy (non-hydrogen) atoms. The normalized spacial score (nSPS) is 20.8. The monoisotopic (exact) mass is 252 g/mol. The molecule has 5 nitrogen and oxygen atoms in total. The van der Waals surface area contributed by atoms with Gasteiger partial charge in [0.1, 0.15) is 17.4 Å². The summed E-state index contributed by atoms with van der Waals surface area (Å²) in [5.74, 6) is 0.785. The van der Waals surface area contributed by atoms with Crippen molar-refractivity contribution >= 4 is 6.09 Å². The summed E-state index contributed by atoms with van der Waals surface area (Å²) in [5.41, 5.74) is -0.477. The smallest absolute Gasteiger partial charge is 0.411 e. The largest absolute Gasteiger partial charge is 0.467 e. The minimum atomic E-state index is -0.477. The first-order chi connectivity index (χ1) is 8.47. The van der Waals surface area contributed by atoms with Crippen LogP contribution in [0.4, 0.5) is 4.79 Å². The van der Waals surface area contributed by atoms with Crippen molar-refractivity contribution in [3.05, 3.63) is 24.2 Å². The van der Waals surface area contributed by atoms with Crippen LogP contribution >= 0.6 is 0 Å². The van der Waals surface area contributed by atoms with Crippen LogP contribution in [0.2, 0.25) is 0 Å². The summed E-state index contributed by atoms with van der Waals surface area (Å²) in [6.45, 7) is 7.70. The standard InChI is InChI=1S/C13H20N2O3/c1-13(2,3)18-12(16)15-7-6-14-9-10(15)11-5-4-8-17-11/h4-5,8,10,14H,6-7,9H2,1-3H3/t10-/m1/s1. The molecule has 1 aliphatic heterocycles. The van der Waals surface area contributed by atoms with E-state index in [1.165, 1.54) is 0 Å². The molecule has 0 radical (unpaired) electrons. The molecule has 2 heterocycles. The maximum Gasteiger partial charge on any atom is 0.411 e. The van der Waals surface area contributed by atoms with Gasteiger partial charge in [-0.3, -0.25) is 4.90 Å². The Morgan fingerprint density at radius 3 is 2.94 bits per heavy atom. The molecule has 1 saturated heterocycles. The summed E-state index contributed by atoms with van der Waals surface area (Å²) < 4.78 is 10.8. The fourth-order valence-corrected chi connectivity index (χ4v) is 1.98. The molecule has 0 saturated carbocycles. The Morgan fingerprint density at radius 2 is 2.33 bits per heavy atom. The second-order valence-corrected chi connectivity index (χ2v) is 5.41. The third kappa shape index (κ3) is 3.04. The van der Waals surface area contributed by atoms with Gasteiger partial charge in [-0.25, -0.2) is 4.79 Å². The second kappa shape index (κ2) is 5.02. The Morgan fingerprint density at radius 1 is 1.56 bits per heavy atom. The summed E-state index contributed by atoms with van der Waals surface area (Å²) in [5, 5.41) is 3.26. The van der Waals surface area contributed by atoms with Gasteiger partial charge in [-0.2, -0.15) is 0 Å². The molecule has 0 aliphatic carbocycles. The number of hydrogen-bond donors (Lipinski definition) is 1. The fraction of sp³-hybridized carbons (Fsp3) is 0.615. The molecule has 2 rings (SSSR count). The number of ether oxygens (including phenoxy) is 1. The van der Waals surface area contributed by atoms with Crippen LogP contribution in [0.5, 0.6) is 0 Å². The van der Waals surface area contributed by atoms with Crippen molar-refractivity contribution in [3.8, 4) is 0 Å². The second-order valence-electron chi connectivity index (χ2n) is 5.41. The Hall–Kier alpha value is -1.49. The Bertz CT molecular complexity index is 395. The first kappa shape index (κ1) is 13.0. The quantitative estimate of drug-likeness (QED) is 0.832. The number of piperazine rings is 1. The summed E-state index contributed by atoms with van der Waals surface area (Å²) in [6.07, 6.45) is 1.34. The van der Waals surface area contributed by atoms with Gasteiger partial charge in [-0.15, -0.1) is 0 Å². The summed E-state index contributed by atoms with van der Waals surface area (Å²) in [7, 11) is 0. The molecule has 1 aromatic heterocycles. The number of rotatable bonds is 1. The van der Waals surface area contributed by atoms with Crippen LogP contribution in [-0.2, 0) is 4.74 Å². The Labute approximate surface area is 107 Å². The van der Waals surface area contributed by atoms with Crippen LogP contribution in [-0.4, -0.2) is 36.2 Å². The minimum absolute atomic E-state index is 0.0939. The first-order valence-electron chi connectivity index (χ1n) is 6.21. The molecule has 1 fully saturated rings. The molecular weight excluding hydrogens is 232 g/mol. The predicted molar refractivity (Wildman–Crippen MR) is 67.3 cm³/mol. The van der Waals surface area contributed by atoms with Gasteiger partial charge in [0.2, 0.25) is 0 Å². The molecule has 100 valence electrons. The molecule has 1 aromatic rings. The van der Waals surface area contributed by atoms with Crippen molar-refractivity contribution < 1.29 is 13.9 Å². The molecule has 0 aromatic carbocycles. The predicted octanol–water partition coefficient (Wildman–Crippen LogP) is 2.16. The van der Waals surface area contributed by atoms with Crippen molar-refractivity contribution in [1.82, 2.24) is 10.2 Å². The van der Waals surface area contributed by atoms with Crippen LogP contribution in [0.1, 0.15) is 32.6 Å². The first-order valence-corrected chi connectivity index (χ1v) is 6.21. The molecule has 1 amide bonds. The van der Waals surface area contributed by atoms with Gasteiger partial charge < -0.3 is 14.5 Å². The third-order valence-electron chi connectivity index (χ3n) is 2.74. The number of carbonyl (C=O) groups is 1. The van der Waals surface area contributed by atoms with Crippen LogP contribution in [0.3, 0.4) is 0 Å². The number of furan rings is 1. The van der Waals surface area contributed by atoms with Crippen molar-refractivity contribution in [1.29, 1.82) is 0 Å². The summed E-state index contributed by atoms with van der Waals surface area (Å²) in [4.78, 5) is 13.9. The lowest BCUT2D eigenvalue weighted by Crippen LogP contribution is -2.50. The van der Waals surface area contributed by atoms with Crippen LogP contribution < -0.4 is 5.32 Å². The van der Waals surface area contributed by atoms with E-state index in [0.29, 0.717) is 13.1 Å². The third-order valence-corrected chi connectivity index (χ3v) is 2.74. The molecule has 1 aliphatic rings. The van der Waals surface area contributed by atoms with E-state index in [1.54, 1.807) is 11.2 Å². The molecule has 1 atom stereocenters. The average molecular weight is 252 g/mol. The minimum Gasteiger partial charge on any atom is -0.467 e. The molecule has 0 bridgehead atoms. The lowest BCUT2D eigenvalue weighted by Gasteiger charge is -2.36. The fourth-order valence-electron chi connectivity index (χ4n) is 1.98. The van der Waals surface area contributed by atoms with E-state index in [4.69, 9.17) is 9.15 Å². The van der Waals surface area contributed by atoms with Crippen molar-refractivity contribution in [2.75, 3.05) is 19.6 Å². The van der Waals surface area contributed by atoms with E-state index < -0.39 is 5.60 Å². The highest BCUT2D eigenvalue weighted by molar-refractivity contribution is 5.69. The molecule has 5 heteroatoms. The van der Waals surface area contributed by atoms with Gasteiger partial charge in [0.15, 0.2) is 0 Å². The highest BCUT2D eigenvalue weighted by Gasteiger charge is 2.32. The number of nitrogens with one attached hydrogen (secondary N) is 1. The van der Waals surface area contributed by atoms with Crippen molar-refractivity contribution in [3.63, 3.8) is 0 Å². The summed E-state index contributed by atoms with van der Waals surface area (Å²) in [6, 6.07) is 3.62. The Kier molecular flexibility index (Phi) is 3.61. The topological polar surface area (TPSA) is 54.7 Å². The Balaban J connectivity index is 2.11. The lowest BCUT2D eigenvalue weighted by molar-refractivity contribution is 0.00932. The van der Waals surface area contributed by atoms with Gasteiger partial charge in [0.25, 0.3) is 0 Å². The number of hydrogen-bond acceptors (Lipinski definition) is 4. The maximum atomic E-state index is 12.2. The SMILES string of the molecule is CC(C)(C)OC(=O)N1CCNC[C@@H]1c1ccco1. The average Bonchev–Trinajstić information content (AvgIpc) is 2.80. The van der Waals surface area contributed by atoms with Gasteiger partial charge >= 0.3 is 6.09 Å². The van der Waals surface area contributed by atoms with Gasteiger partial charge in [0.05, 0.1) is 6.26 Å². The zero-order valence-electron chi connectivity index (χ0n) is 11.1. The highest BCUT2D eigenvalue weighted by atomic mass is 16.6. The maximum absolute atomic E-state index is 12.2. The van der Waals surface area contributed by atoms with Gasteiger partial charge in [-0.1, -0.05) is 0 Å². The van der Waals surface area contributed by atoms with E-state index in [1.807, 2.05) is 32.9 Å². The number of amides is 1. The number of carbonyl (C=O) groups excluding carboxylic acids is 1. The van der Waals surface area contributed by atoms with Crippen molar-refractivity contribution in [2.45, 2.75) is 32.4 Å². The zero-order chi connectivity index (χ0) is 13.2. The lowest BCUT2D eigenvalue weighted by atomic mass is 10.1. The van der Waals surface area contributed by atoms with E-state index in [-0.39, 0.29) is 12.1 Å². The van der Waals surface area contributed by atoms with E-state index >= 15 is 0 Å². The van der Waals surface area contributed by atoms with E-state index in [0.717, 1.165) is 12.3 Å². The molecule has 0 spiro atoms. The van der Waals surface area contributed by atoms with Gasteiger partial charge in [-0.05, 0) is 32.9 Å². The molecular formula is C13H20N2O3. The summed E-state index contributed by atoms with van der Waals surface area (Å²) >= 11 is 0. The van der Waals surface area contributed by atoms with Gasteiger partial charge in [0, 0.05) is 19.6 Å². The van der Waals surface area contributed by atoms with E-state index in [9.17, 15) is 4.79 Å². The van der Waals surface area contributed by atoms with Crippen LogP contribution in [0, 0.1) is 0 Å². The highest BCUT2D eigenvalue weighted by Crippen LogP contribution is 2.24. The van der Waals surface area contributed by atoms with Crippen LogP contribution in [0.25, 0.3) is 0 Å².